The summed E-state index contributed by atoms with van der Waals surface area (Å²) in [5.41, 5.74) is 1.07. The summed E-state index contributed by atoms with van der Waals surface area (Å²) in [6.45, 7) is 0.0279. The quantitative estimate of drug-likeness (QED) is 0.906. The lowest BCUT2D eigenvalue weighted by molar-refractivity contribution is 0.191. The fourth-order valence-corrected chi connectivity index (χ4v) is 1.98. The Morgan fingerprint density at radius 3 is 2.62 bits per heavy atom. The van der Waals surface area contributed by atoms with Crippen LogP contribution in [0.5, 0.6) is 0 Å². The van der Waals surface area contributed by atoms with Crippen LogP contribution in [0.2, 0.25) is 5.02 Å². The van der Waals surface area contributed by atoms with Crippen LogP contribution in [-0.4, -0.2) is 11.7 Å². The van der Waals surface area contributed by atoms with Crippen molar-refractivity contribution < 1.29 is 13.9 Å². The molecule has 0 saturated heterocycles. The van der Waals surface area contributed by atoms with E-state index < -0.39 is 17.7 Å². The molecule has 2 rings (SSSR count). The Kier molecular flexibility index (Phi) is 4.73. The minimum absolute atomic E-state index is 0.0279. The molecule has 3 nitrogen and oxygen atoms in total. The van der Waals surface area contributed by atoms with E-state index in [-0.39, 0.29) is 12.1 Å². The highest BCUT2D eigenvalue weighted by Crippen LogP contribution is 2.22. The van der Waals surface area contributed by atoms with E-state index in [1.54, 1.807) is 18.2 Å². The zero-order chi connectivity index (χ0) is 15.4. The molecule has 2 aromatic rings. The van der Waals surface area contributed by atoms with E-state index in [1.165, 1.54) is 6.07 Å². The van der Waals surface area contributed by atoms with Crippen LogP contribution < -0.4 is 5.32 Å². The third kappa shape index (κ3) is 3.69. The second-order valence-electron chi connectivity index (χ2n) is 4.37. The number of hydrogen-bond donors (Lipinski definition) is 2. The van der Waals surface area contributed by atoms with E-state index in [1.807, 2.05) is 6.07 Å². The second-order valence-corrected chi connectivity index (χ2v) is 4.81. The molecular formula is C15H11ClF2N2O. The lowest BCUT2D eigenvalue weighted by atomic mass is 10.1. The fraction of sp³-hybridized carbons (Fsp3) is 0.133. The molecule has 2 N–H and O–H groups in total. The van der Waals surface area contributed by atoms with Crippen molar-refractivity contribution in [3.05, 3.63) is 64.2 Å². The third-order valence-electron chi connectivity index (χ3n) is 2.92. The van der Waals surface area contributed by atoms with E-state index in [0.717, 1.165) is 12.1 Å². The minimum atomic E-state index is -1.05. The monoisotopic (exact) mass is 308 g/mol. The highest BCUT2D eigenvalue weighted by Gasteiger charge is 2.12. The molecule has 0 amide bonds. The summed E-state index contributed by atoms with van der Waals surface area (Å²) in [6, 6.07) is 9.86. The summed E-state index contributed by atoms with van der Waals surface area (Å²) in [7, 11) is 0. The van der Waals surface area contributed by atoms with E-state index in [4.69, 9.17) is 16.9 Å². The average molecular weight is 309 g/mol. The summed E-state index contributed by atoms with van der Waals surface area (Å²) in [5, 5.41) is 22.2. The maximum Gasteiger partial charge on any atom is 0.159 e. The standard InChI is InChI=1S/C15H11ClF2N2O/c16-11-3-1-10(7-19)14(6-11)20-8-15(21)9-2-4-12(17)13(18)5-9/h1-6,15,20-21H,8H2. The van der Waals surface area contributed by atoms with Gasteiger partial charge in [-0.15, -0.1) is 0 Å². The summed E-state index contributed by atoms with van der Waals surface area (Å²) < 4.78 is 25.9. The van der Waals surface area contributed by atoms with Crippen molar-refractivity contribution in [3.63, 3.8) is 0 Å². The summed E-state index contributed by atoms with van der Waals surface area (Å²) in [4.78, 5) is 0. The maximum absolute atomic E-state index is 13.1. The molecule has 1 atom stereocenters. The number of benzene rings is 2. The molecule has 21 heavy (non-hydrogen) atoms. The largest absolute Gasteiger partial charge is 0.387 e. The molecule has 0 radical (unpaired) electrons. The van der Waals surface area contributed by atoms with Crippen molar-refractivity contribution >= 4 is 17.3 Å². The maximum atomic E-state index is 13.1. The van der Waals surface area contributed by atoms with Crippen molar-refractivity contribution in [2.45, 2.75) is 6.10 Å². The molecule has 0 spiro atoms. The number of nitrogens with one attached hydrogen (secondary N) is 1. The Bertz CT molecular complexity index is 701. The SMILES string of the molecule is N#Cc1ccc(Cl)cc1NCC(O)c1ccc(F)c(F)c1. The van der Waals surface area contributed by atoms with Crippen LogP contribution in [0, 0.1) is 23.0 Å². The van der Waals surface area contributed by atoms with Crippen LogP contribution in [0.1, 0.15) is 17.2 Å². The first-order chi connectivity index (χ1) is 10.0. The van der Waals surface area contributed by atoms with Gasteiger partial charge in [0.05, 0.1) is 17.4 Å². The Morgan fingerprint density at radius 1 is 1.19 bits per heavy atom. The van der Waals surface area contributed by atoms with Crippen LogP contribution in [0.15, 0.2) is 36.4 Å². The van der Waals surface area contributed by atoms with E-state index in [2.05, 4.69) is 5.32 Å². The predicted octanol–water partition coefficient (Wildman–Crippen LogP) is 3.64. The van der Waals surface area contributed by atoms with Crippen molar-refractivity contribution in [2.75, 3.05) is 11.9 Å². The van der Waals surface area contributed by atoms with Gasteiger partial charge in [-0.3, -0.25) is 0 Å². The highest BCUT2D eigenvalue weighted by atomic mass is 35.5. The van der Waals surface area contributed by atoms with Gasteiger partial charge in [0.1, 0.15) is 6.07 Å². The topological polar surface area (TPSA) is 56.0 Å². The number of anilines is 1. The van der Waals surface area contributed by atoms with Gasteiger partial charge in [-0.05, 0) is 35.9 Å². The molecule has 0 saturated carbocycles. The number of aliphatic hydroxyl groups excluding tert-OH is 1. The van der Waals surface area contributed by atoms with Gasteiger partial charge in [-0.25, -0.2) is 8.78 Å². The summed E-state index contributed by atoms with van der Waals surface area (Å²) in [6.07, 6.45) is -1.05. The molecule has 0 fully saturated rings. The molecular weight excluding hydrogens is 298 g/mol. The van der Waals surface area contributed by atoms with Gasteiger partial charge in [0.25, 0.3) is 0 Å². The van der Waals surface area contributed by atoms with E-state index in [0.29, 0.717) is 16.3 Å². The molecule has 0 aliphatic heterocycles. The zero-order valence-corrected chi connectivity index (χ0v) is 11.5. The average Bonchev–Trinajstić information content (AvgIpc) is 2.47. The number of halogens is 3. The van der Waals surface area contributed by atoms with E-state index >= 15 is 0 Å². The molecule has 0 aliphatic rings. The van der Waals surface area contributed by atoms with Crippen molar-refractivity contribution in [1.29, 1.82) is 5.26 Å². The number of rotatable bonds is 4. The number of aliphatic hydroxyl groups is 1. The normalized spacial score (nSPS) is 11.8. The summed E-state index contributed by atoms with van der Waals surface area (Å²) in [5.74, 6) is -1.99. The fourth-order valence-electron chi connectivity index (χ4n) is 1.80. The van der Waals surface area contributed by atoms with Crippen LogP contribution in [0.4, 0.5) is 14.5 Å². The van der Waals surface area contributed by atoms with Crippen LogP contribution in [0.3, 0.4) is 0 Å². The second kappa shape index (κ2) is 6.53. The lowest BCUT2D eigenvalue weighted by Gasteiger charge is -2.14. The third-order valence-corrected chi connectivity index (χ3v) is 3.15. The Hall–Kier alpha value is -2.16. The molecule has 6 heteroatoms. The summed E-state index contributed by atoms with van der Waals surface area (Å²) >= 11 is 5.84. The molecule has 0 aromatic heterocycles. The van der Waals surface area contributed by atoms with Gasteiger partial charge in [0.15, 0.2) is 11.6 Å². The molecule has 2 aromatic carbocycles. The first-order valence-electron chi connectivity index (χ1n) is 6.08. The molecule has 108 valence electrons. The first-order valence-corrected chi connectivity index (χ1v) is 6.45. The van der Waals surface area contributed by atoms with Crippen molar-refractivity contribution in [2.24, 2.45) is 0 Å². The van der Waals surface area contributed by atoms with Gasteiger partial charge in [0.2, 0.25) is 0 Å². The predicted molar refractivity (Wildman–Crippen MR) is 76.0 cm³/mol. The van der Waals surface area contributed by atoms with E-state index in [9.17, 15) is 13.9 Å². The van der Waals surface area contributed by atoms with Crippen LogP contribution >= 0.6 is 11.6 Å². The molecule has 0 bridgehead atoms. The minimum Gasteiger partial charge on any atom is -0.387 e. The smallest absolute Gasteiger partial charge is 0.159 e. The van der Waals surface area contributed by atoms with Crippen molar-refractivity contribution in [3.8, 4) is 6.07 Å². The molecule has 0 aliphatic carbocycles. The highest BCUT2D eigenvalue weighted by molar-refractivity contribution is 6.30. The van der Waals surface area contributed by atoms with Gasteiger partial charge >= 0.3 is 0 Å². The molecule has 1 unspecified atom stereocenters. The van der Waals surface area contributed by atoms with Gasteiger partial charge in [-0.2, -0.15) is 5.26 Å². The van der Waals surface area contributed by atoms with Crippen LogP contribution in [-0.2, 0) is 0 Å². The number of hydrogen-bond acceptors (Lipinski definition) is 3. The first kappa shape index (κ1) is 15.2. The van der Waals surface area contributed by atoms with Gasteiger partial charge < -0.3 is 10.4 Å². The van der Waals surface area contributed by atoms with Gasteiger partial charge in [-0.1, -0.05) is 17.7 Å². The van der Waals surface area contributed by atoms with Crippen LogP contribution in [0.25, 0.3) is 0 Å². The number of nitrogens with zero attached hydrogens (tertiary/aromatic N) is 1. The Balaban J connectivity index is 2.11. The van der Waals surface area contributed by atoms with Gasteiger partial charge in [0, 0.05) is 11.6 Å². The Morgan fingerprint density at radius 2 is 1.95 bits per heavy atom. The molecule has 0 heterocycles. The Labute approximate surface area is 125 Å². The number of nitriles is 1. The zero-order valence-electron chi connectivity index (χ0n) is 10.8. The van der Waals surface area contributed by atoms with Crippen molar-refractivity contribution in [1.82, 2.24) is 0 Å². The lowest BCUT2D eigenvalue weighted by Crippen LogP contribution is -2.13.